The van der Waals surface area contributed by atoms with Crippen LogP contribution < -0.4 is 14.8 Å². The summed E-state index contributed by atoms with van der Waals surface area (Å²) in [5.41, 5.74) is 1.38. The molecule has 0 radical (unpaired) electrons. The van der Waals surface area contributed by atoms with E-state index in [1.54, 1.807) is 24.1 Å². The van der Waals surface area contributed by atoms with Crippen LogP contribution in [0.15, 0.2) is 84.9 Å². The van der Waals surface area contributed by atoms with E-state index in [2.05, 4.69) is 5.32 Å². The molecular formula is C29H34N2O4. The van der Waals surface area contributed by atoms with Crippen LogP contribution in [0.25, 0.3) is 0 Å². The molecule has 0 saturated heterocycles. The van der Waals surface area contributed by atoms with Crippen LogP contribution in [-0.4, -0.2) is 42.0 Å². The minimum absolute atomic E-state index is 0.179. The summed E-state index contributed by atoms with van der Waals surface area (Å²) in [6, 6.07) is 25.7. The van der Waals surface area contributed by atoms with Gasteiger partial charge in [0.25, 0.3) is 5.91 Å². The fraction of sp³-hybridized carbons (Fsp3) is 0.310. The minimum Gasteiger partial charge on any atom is -0.497 e. The highest BCUT2D eigenvalue weighted by Gasteiger charge is 2.32. The summed E-state index contributed by atoms with van der Waals surface area (Å²) in [4.78, 5) is 28.7. The number of carbonyl (C=O) groups is 2. The van der Waals surface area contributed by atoms with Crippen molar-refractivity contribution in [2.24, 2.45) is 0 Å². The number of nitrogens with one attached hydrogen (secondary N) is 1. The lowest BCUT2D eigenvalue weighted by Crippen LogP contribution is -2.55. The van der Waals surface area contributed by atoms with E-state index in [1.165, 1.54) is 0 Å². The summed E-state index contributed by atoms with van der Waals surface area (Å²) < 4.78 is 11.1. The zero-order valence-corrected chi connectivity index (χ0v) is 20.9. The Kier molecular flexibility index (Phi) is 8.90. The van der Waals surface area contributed by atoms with E-state index in [9.17, 15) is 9.59 Å². The molecule has 3 aromatic rings. The van der Waals surface area contributed by atoms with Crippen molar-refractivity contribution in [3.8, 4) is 11.5 Å². The summed E-state index contributed by atoms with van der Waals surface area (Å²) in [5.74, 6) is 0.800. The smallest absolute Gasteiger partial charge is 0.261 e. The number of carbonyl (C=O) groups excluding carboxylic acids is 2. The van der Waals surface area contributed by atoms with Gasteiger partial charge < -0.3 is 19.7 Å². The Balaban J connectivity index is 1.94. The predicted molar refractivity (Wildman–Crippen MR) is 137 cm³/mol. The highest BCUT2D eigenvalue weighted by Crippen LogP contribution is 2.19. The Morgan fingerprint density at radius 1 is 0.857 bits per heavy atom. The highest BCUT2D eigenvalue weighted by atomic mass is 16.5. The Morgan fingerprint density at radius 3 is 2.09 bits per heavy atom. The van der Waals surface area contributed by atoms with Gasteiger partial charge in [0.15, 0.2) is 6.61 Å². The Bertz CT molecular complexity index is 1090. The van der Waals surface area contributed by atoms with Crippen LogP contribution in [-0.2, 0) is 22.6 Å². The van der Waals surface area contributed by atoms with E-state index >= 15 is 0 Å². The van der Waals surface area contributed by atoms with Crippen molar-refractivity contribution in [2.45, 2.75) is 45.3 Å². The number of rotatable bonds is 10. The molecule has 1 unspecified atom stereocenters. The zero-order chi connectivity index (χ0) is 25.3. The van der Waals surface area contributed by atoms with Gasteiger partial charge in [0, 0.05) is 18.5 Å². The van der Waals surface area contributed by atoms with Crippen LogP contribution in [0.2, 0.25) is 0 Å². The molecule has 0 spiro atoms. The number of nitrogens with zero attached hydrogens (tertiary/aromatic N) is 1. The summed E-state index contributed by atoms with van der Waals surface area (Å²) in [6.07, 6.45) is 0.379. The Morgan fingerprint density at radius 2 is 1.46 bits per heavy atom. The summed E-state index contributed by atoms with van der Waals surface area (Å²) in [5, 5.41) is 3.06. The maximum absolute atomic E-state index is 13.6. The first-order chi connectivity index (χ1) is 16.7. The van der Waals surface area contributed by atoms with E-state index in [1.807, 2.05) is 93.6 Å². The summed E-state index contributed by atoms with van der Waals surface area (Å²) in [7, 11) is 1.60. The Hall–Kier alpha value is -3.80. The van der Waals surface area contributed by atoms with Crippen molar-refractivity contribution in [2.75, 3.05) is 13.7 Å². The molecule has 0 saturated carbocycles. The molecule has 184 valence electrons. The van der Waals surface area contributed by atoms with Crippen LogP contribution in [0, 0.1) is 0 Å². The molecule has 0 aliphatic rings. The standard InChI is InChI=1S/C29H34N2O4/c1-29(2,3)30-28(33)26(19-22-12-7-5-8-13-22)31(20-23-14-11-17-25(18-23)34-4)27(32)21-35-24-15-9-6-10-16-24/h5-18,26H,19-21H2,1-4H3,(H,30,33). The van der Waals surface area contributed by atoms with Gasteiger partial charge in [0.1, 0.15) is 17.5 Å². The van der Waals surface area contributed by atoms with E-state index in [-0.39, 0.29) is 25.0 Å². The molecule has 1 atom stereocenters. The summed E-state index contributed by atoms with van der Waals surface area (Å²) >= 11 is 0. The summed E-state index contributed by atoms with van der Waals surface area (Å²) in [6.45, 7) is 5.84. The zero-order valence-electron chi connectivity index (χ0n) is 20.9. The molecule has 6 heteroatoms. The second kappa shape index (κ2) is 12.1. The second-order valence-corrected chi connectivity index (χ2v) is 9.42. The molecule has 0 bridgehead atoms. The average molecular weight is 475 g/mol. The van der Waals surface area contributed by atoms with Gasteiger partial charge >= 0.3 is 0 Å². The third-order valence-corrected chi connectivity index (χ3v) is 5.36. The lowest BCUT2D eigenvalue weighted by atomic mass is 10.0. The van der Waals surface area contributed by atoms with E-state index < -0.39 is 11.6 Å². The monoisotopic (exact) mass is 474 g/mol. The molecule has 0 aliphatic carbocycles. The molecule has 1 N–H and O–H groups in total. The largest absolute Gasteiger partial charge is 0.497 e. The van der Waals surface area contributed by atoms with Crippen LogP contribution in [0.5, 0.6) is 11.5 Å². The quantitative estimate of drug-likeness (QED) is 0.465. The van der Waals surface area contributed by atoms with Gasteiger partial charge in [-0.2, -0.15) is 0 Å². The first-order valence-electron chi connectivity index (χ1n) is 11.7. The number of amides is 2. The van der Waals surface area contributed by atoms with Gasteiger partial charge in [-0.05, 0) is 56.2 Å². The molecule has 0 fully saturated rings. The van der Waals surface area contributed by atoms with Crippen LogP contribution in [0.1, 0.15) is 31.9 Å². The second-order valence-electron chi connectivity index (χ2n) is 9.42. The number of benzene rings is 3. The molecule has 6 nitrogen and oxygen atoms in total. The van der Waals surface area contributed by atoms with Gasteiger partial charge in [-0.3, -0.25) is 9.59 Å². The first kappa shape index (κ1) is 25.8. The molecule has 3 aromatic carbocycles. The molecule has 3 rings (SSSR count). The Labute approximate surface area is 207 Å². The number of hydrogen-bond donors (Lipinski definition) is 1. The normalized spacial score (nSPS) is 11.9. The molecular weight excluding hydrogens is 440 g/mol. The molecule has 0 heterocycles. The first-order valence-corrected chi connectivity index (χ1v) is 11.7. The van der Waals surface area contributed by atoms with Crippen molar-refractivity contribution >= 4 is 11.8 Å². The molecule has 0 aromatic heterocycles. The number of methoxy groups -OCH3 is 1. The van der Waals surface area contributed by atoms with Gasteiger partial charge in [0.05, 0.1) is 7.11 Å². The van der Waals surface area contributed by atoms with Crippen molar-refractivity contribution in [1.82, 2.24) is 10.2 Å². The van der Waals surface area contributed by atoms with E-state index in [4.69, 9.17) is 9.47 Å². The third kappa shape index (κ3) is 8.18. The van der Waals surface area contributed by atoms with E-state index in [0.29, 0.717) is 17.9 Å². The lowest BCUT2D eigenvalue weighted by Gasteiger charge is -2.33. The van der Waals surface area contributed by atoms with Crippen LogP contribution >= 0.6 is 0 Å². The topological polar surface area (TPSA) is 67.9 Å². The van der Waals surface area contributed by atoms with Crippen molar-refractivity contribution in [3.05, 3.63) is 96.1 Å². The molecule has 35 heavy (non-hydrogen) atoms. The maximum atomic E-state index is 13.6. The van der Waals surface area contributed by atoms with Gasteiger partial charge in [-0.15, -0.1) is 0 Å². The third-order valence-electron chi connectivity index (χ3n) is 5.36. The molecule has 2 amide bonds. The van der Waals surface area contributed by atoms with Crippen LogP contribution in [0.4, 0.5) is 0 Å². The highest BCUT2D eigenvalue weighted by molar-refractivity contribution is 5.89. The number of hydrogen-bond acceptors (Lipinski definition) is 4. The fourth-order valence-electron chi connectivity index (χ4n) is 3.72. The predicted octanol–water partition coefficient (Wildman–Crippen LogP) is 4.63. The van der Waals surface area contributed by atoms with E-state index in [0.717, 1.165) is 11.1 Å². The van der Waals surface area contributed by atoms with Crippen molar-refractivity contribution < 1.29 is 19.1 Å². The van der Waals surface area contributed by atoms with Crippen LogP contribution in [0.3, 0.4) is 0 Å². The maximum Gasteiger partial charge on any atom is 0.261 e. The van der Waals surface area contributed by atoms with Crippen molar-refractivity contribution in [1.29, 1.82) is 0 Å². The van der Waals surface area contributed by atoms with Gasteiger partial charge in [0.2, 0.25) is 5.91 Å². The fourth-order valence-corrected chi connectivity index (χ4v) is 3.72. The average Bonchev–Trinajstić information content (AvgIpc) is 2.85. The number of para-hydroxylation sites is 1. The molecule has 0 aliphatic heterocycles. The van der Waals surface area contributed by atoms with Crippen molar-refractivity contribution in [3.63, 3.8) is 0 Å². The van der Waals surface area contributed by atoms with Gasteiger partial charge in [-0.1, -0.05) is 60.7 Å². The minimum atomic E-state index is -0.727. The van der Waals surface area contributed by atoms with Gasteiger partial charge in [-0.25, -0.2) is 0 Å². The number of ether oxygens (including phenoxy) is 2. The SMILES string of the molecule is COc1cccc(CN(C(=O)COc2ccccc2)C(Cc2ccccc2)C(=O)NC(C)(C)C)c1. The lowest BCUT2D eigenvalue weighted by molar-refractivity contribution is -0.143.